The number of pyridine rings is 1. The summed E-state index contributed by atoms with van der Waals surface area (Å²) in [4.78, 5) is 16.3. The maximum atomic E-state index is 13.6. The predicted molar refractivity (Wildman–Crippen MR) is 92.3 cm³/mol. The van der Waals surface area contributed by atoms with Gasteiger partial charge in [0, 0.05) is 11.1 Å². The molecule has 6 nitrogen and oxygen atoms in total. The molecule has 0 atom stereocenters. The molecule has 10 heteroatoms. The number of nitrogens with one attached hydrogen (secondary N) is 1. The van der Waals surface area contributed by atoms with Crippen LogP contribution in [0.25, 0.3) is 5.69 Å². The Hall–Kier alpha value is -3.07. The van der Waals surface area contributed by atoms with Crippen molar-refractivity contribution in [1.82, 2.24) is 14.8 Å². The van der Waals surface area contributed by atoms with E-state index in [1.54, 1.807) is 0 Å². The number of alkyl halides is 3. The summed E-state index contributed by atoms with van der Waals surface area (Å²) in [6.45, 7) is 0. The molecular weight excluding hydrogens is 385 g/mol. The van der Waals surface area contributed by atoms with Gasteiger partial charge in [-0.1, -0.05) is 17.7 Å². The summed E-state index contributed by atoms with van der Waals surface area (Å²) in [6, 6.07) is 8.66. The normalized spacial score (nSPS) is 11.3. The fourth-order valence-electron chi connectivity index (χ4n) is 2.36. The second-order valence-corrected chi connectivity index (χ2v) is 5.78. The van der Waals surface area contributed by atoms with Crippen molar-refractivity contribution < 1.29 is 22.7 Å². The Balaban J connectivity index is 1.98. The Kier molecular flexibility index (Phi) is 5.04. The van der Waals surface area contributed by atoms with Crippen molar-refractivity contribution in [2.75, 3.05) is 12.4 Å². The Labute approximate surface area is 156 Å². The number of carbonyl (C=O) groups excluding carboxylic acids is 1. The van der Waals surface area contributed by atoms with Crippen LogP contribution in [0.15, 0.2) is 48.8 Å². The quantitative estimate of drug-likeness (QED) is 0.717. The third-order valence-electron chi connectivity index (χ3n) is 3.54. The summed E-state index contributed by atoms with van der Waals surface area (Å²) in [5, 5.41) is 6.33. The number of halogens is 4. The van der Waals surface area contributed by atoms with Crippen molar-refractivity contribution in [2.24, 2.45) is 0 Å². The summed E-state index contributed by atoms with van der Waals surface area (Å²) in [6.07, 6.45) is -2.69. The molecule has 0 saturated heterocycles. The van der Waals surface area contributed by atoms with Crippen LogP contribution in [-0.4, -0.2) is 27.8 Å². The van der Waals surface area contributed by atoms with E-state index >= 15 is 0 Å². The molecule has 3 rings (SSSR count). The largest absolute Gasteiger partial charge is 0.481 e. The Morgan fingerprint density at radius 1 is 1.22 bits per heavy atom. The van der Waals surface area contributed by atoms with Crippen LogP contribution in [-0.2, 0) is 6.18 Å². The number of aromatic nitrogens is 3. The lowest BCUT2D eigenvalue weighted by Crippen LogP contribution is -2.20. The number of methoxy groups -OCH3 is 1. The molecule has 0 aliphatic carbocycles. The second kappa shape index (κ2) is 7.28. The molecular formula is C17H12ClF3N4O2. The van der Waals surface area contributed by atoms with E-state index in [0.29, 0.717) is 10.6 Å². The van der Waals surface area contributed by atoms with E-state index in [4.69, 9.17) is 16.3 Å². The zero-order chi connectivity index (χ0) is 19.6. The predicted octanol–water partition coefficient (Wildman–Crippen LogP) is 4.20. The summed E-state index contributed by atoms with van der Waals surface area (Å²) in [7, 11) is 1.42. The Morgan fingerprint density at radius 3 is 2.59 bits per heavy atom. The lowest BCUT2D eigenvalue weighted by Gasteiger charge is -2.13. The zero-order valence-electron chi connectivity index (χ0n) is 13.8. The molecule has 2 heterocycles. The molecule has 1 N–H and O–H groups in total. The smallest absolute Gasteiger partial charge is 0.434 e. The number of hydrogen-bond acceptors (Lipinski definition) is 4. The van der Waals surface area contributed by atoms with Crippen molar-refractivity contribution in [3.63, 3.8) is 0 Å². The van der Waals surface area contributed by atoms with E-state index in [1.165, 1.54) is 49.7 Å². The highest BCUT2D eigenvalue weighted by molar-refractivity contribution is 6.30. The number of nitrogens with zero attached hydrogens (tertiary/aromatic N) is 3. The molecule has 0 radical (unpaired) electrons. The third kappa shape index (κ3) is 4.03. The average Bonchev–Trinajstić information content (AvgIpc) is 3.08. The fourth-order valence-corrected chi connectivity index (χ4v) is 2.55. The van der Waals surface area contributed by atoms with Gasteiger partial charge < -0.3 is 10.1 Å². The van der Waals surface area contributed by atoms with Crippen molar-refractivity contribution in [1.29, 1.82) is 0 Å². The number of anilines is 1. The van der Waals surface area contributed by atoms with Gasteiger partial charge in [-0.25, -0.2) is 9.67 Å². The van der Waals surface area contributed by atoms with Crippen LogP contribution in [0.2, 0.25) is 5.02 Å². The molecule has 0 saturated carbocycles. The van der Waals surface area contributed by atoms with Gasteiger partial charge in [0.05, 0.1) is 36.4 Å². The maximum absolute atomic E-state index is 13.6. The van der Waals surface area contributed by atoms with Crippen LogP contribution in [0, 0.1) is 0 Å². The van der Waals surface area contributed by atoms with Crippen LogP contribution in [0.3, 0.4) is 0 Å². The minimum Gasteiger partial charge on any atom is -0.481 e. The van der Waals surface area contributed by atoms with E-state index < -0.39 is 23.3 Å². The number of hydrogen-bond donors (Lipinski definition) is 1. The first-order valence-corrected chi connectivity index (χ1v) is 7.90. The molecule has 0 spiro atoms. The van der Waals surface area contributed by atoms with Gasteiger partial charge in [0.2, 0.25) is 5.88 Å². The summed E-state index contributed by atoms with van der Waals surface area (Å²) >= 11 is 5.84. The monoisotopic (exact) mass is 396 g/mol. The van der Waals surface area contributed by atoms with E-state index in [2.05, 4.69) is 15.4 Å². The van der Waals surface area contributed by atoms with Crippen molar-refractivity contribution in [3.8, 4) is 11.6 Å². The minimum absolute atomic E-state index is 0.0833. The Morgan fingerprint density at radius 2 is 2.00 bits per heavy atom. The number of benzene rings is 1. The first kappa shape index (κ1) is 18.7. The standard InChI is InChI=1S/C17H12ClF3N4O2/c1-27-14-6-5-11(8-22-14)24-16(26)13-9-23-25(15(13)17(19,20)21)12-4-2-3-10(18)7-12/h2-9H,1H3,(H,24,26). The van der Waals surface area contributed by atoms with E-state index in [-0.39, 0.29) is 16.4 Å². The molecule has 0 fully saturated rings. The molecule has 0 aliphatic heterocycles. The van der Waals surface area contributed by atoms with Gasteiger partial charge in [0.15, 0.2) is 5.69 Å². The summed E-state index contributed by atoms with van der Waals surface area (Å²) in [5.74, 6) is -0.666. The van der Waals surface area contributed by atoms with Crippen molar-refractivity contribution >= 4 is 23.2 Å². The van der Waals surface area contributed by atoms with E-state index in [1.807, 2.05) is 0 Å². The van der Waals surface area contributed by atoms with Crippen LogP contribution in [0.4, 0.5) is 18.9 Å². The molecule has 1 amide bonds. The van der Waals surface area contributed by atoms with Gasteiger partial charge in [-0.15, -0.1) is 0 Å². The Bertz CT molecular complexity index is 971. The van der Waals surface area contributed by atoms with Gasteiger partial charge >= 0.3 is 6.18 Å². The highest BCUT2D eigenvalue weighted by Crippen LogP contribution is 2.34. The van der Waals surface area contributed by atoms with Gasteiger partial charge in [-0.05, 0) is 24.3 Å². The second-order valence-electron chi connectivity index (χ2n) is 5.34. The molecule has 0 bridgehead atoms. The number of amides is 1. The number of rotatable bonds is 4. The maximum Gasteiger partial charge on any atom is 0.434 e. The van der Waals surface area contributed by atoms with Gasteiger partial charge in [-0.3, -0.25) is 4.79 Å². The molecule has 27 heavy (non-hydrogen) atoms. The first-order chi connectivity index (χ1) is 12.8. The molecule has 3 aromatic rings. The van der Waals surface area contributed by atoms with E-state index in [0.717, 1.165) is 6.20 Å². The highest BCUT2D eigenvalue weighted by atomic mass is 35.5. The fraction of sp³-hybridized carbons (Fsp3) is 0.118. The number of carbonyl (C=O) groups is 1. The lowest BCUT2D eigenvalue weighted by atomic mass is 10.2. The first-order valence-electron chi connectivity index (χ1n) is 7.52. The van der Waals surface area contributed by atoms with Crippen LogP contribution < -0.4 is 10.1 Å². The van der Waals surface area contributed by atoms with Gasteiger partial charge in [0.25, 0.3) is 5.91 Å². The molecule has 140 valence electrons. The molecule has 0 aliphatic rings. The average molecular weight is 397 g/mol. The van der Waals surface area contributed by atoms with Crippen molar-refractivity contribution in [3.05, 3.63) is 65.1 Å². The highest BCUT2D eigenvalue weighted by Gasteiger charge is 2.40. The molecule has 0 unspecified atom stereocenters. The summed E-state index contributed by atoms with van der Waals surface area (Å²) < 4.78 is 46.4. The van der Waals surface area contributed by atoms with Gasteiger partial charge in [0.1, 0.15) is 0 Å². The van der Waals surface area contributed by atoms with Crippen LogP contribution in [0.1, 0.15) is 16.1 Å². The number of ether oxygens (including phenoxy) is 1. The lowest BCUT2D eigenvalue weighted by molar-refractivity contribution is -0.143. The van der Waals surface area contributed by atoms with Crippen LogP contribution >= 0.6 is 11.6 Å². The third-order valence-corrected chi connectivity index (χ3v) is 3.77. The minimum atomic E-state index is -4.82. The van der Waals surface area contributed by atoms with Gasteiger partial charge in [-0.2, -0.15) is 18.3 Å². The molecule has 1 aromatic carbocycles. The zero-order valence-corrected chi connectivity index (χ0v) is 14.5. The van der Waals surface area contributed by atoms with Crippen LogP contribution in [0.5, 0.6) is 5.88 Å². The topological polar surface area (TPSA) is 69.0 Å². The van der Waals surface area contributed by atoms with Crippen molar-refractivity contribution in [2.45, 2.75) is 6.18 Å². The van der Waals surface area contributed by atoms with E-state index in [9.17, 15) is 18.0 Å². The molecule has 2 aromatic heterocycles. The summed E-state index contributed by atoms with van der Waals surface area (Å²) in [5.41, 5.74) is -1.54. The SMILES string of the molecule is COc1ccc(NC(=O)c2cnn(-c3cccc(Cl)c3)c2C(F)(F)F)cn1.